The Labute approximate surface area is 168 Å². The second-order valence-electron chi connectivity index (χ2n) is 6.41. The highest BCUT2D eigenvalue weighted by Crippen LogP contribution is 2.30. The van der Waals surface area contributed by atoms with Crippen LogP contribution in [0.1, 0.15) is 5.56 Å². The third-order valence-electron chi connectivity index (χ3n) is 4.52. The van der Waals surface area contributed by atoms with Gasteiger partial charge >= 0.3 is 0 Å². The van der Waals surface area contributed by atoms with Crippen molar-refractivity contribution >= 4 is 40.9 Å². The van der Waals surface area contributed by atoms with E-state index < -0.39 is 6.04 Å². The van der Waals surface area contributed by atoms with Crippen molar-refractivity contribution < 1.29 is 9.59 Å². The van der Waals surface area contributed by atoms with E-state index in [1.807, 2.05) is 60.7 Å². The van der Waals surface area contributed by atoms with Crippen molar-refractivity contribution in [1.29, 1.82) is 0 Å². The van der Waals surface area contributed by atoms with Crippen LogP contribution in [0.4, 0.5) is 11.4 Å². The van der Waals surface area contributed by atoms with Crippen LogP contribution in [0, 0.1) is 0 Å². The van der Waals surface area contributed by atoms with Gasteiger partial charge in [-0.15, -0.1) is 0 Å². The predicted molar refractivity (Wildman–Crippen MR) is 112 cm³/mol. The number of imide groups is 1. The van der Waals surface area contributed by atoms with Crippen LogP contribution in [0.2, 0.25) is 5.02 Å². The quantitative estimate of drug-likeness (QED) is 0.517. The van der Waals surface area contributed by atoms with Crippen LogP contribution in [-0.2, 0) is 9.59 Å². The summed E-state index contributed by atoms with van der Waals surface area (Å²) < 4.78 is 0. The van der Waals surface area contributed by atoms with E-state index in [1.54, 1.807) is 30.3 Å². The Balaban J connectivity index is 1.76. The number of anilines is 2. The van der Waals surface area contributed by atoms with Crippen molar-refractivity contribution in [1.82, 2.24) is 0 Å². The molecule has 1 unspecified atom stereocenters. The van der Waals surface area contributed by atoms with Crippen molar-refractivity contribution in [2.45, 2.75) is 6.04 Å². The maximum Gasteiger partial charge on any atom is 0.263 e. The molecule has 0 radical (unpaired) electrons. The molecule has 1 atom stereocenters. The molecule has 0 spiro atoms. The molecule has 1 heterocycles. The van der Waals surface area contributed by atoms with E-state index in [0.717, 1.165) is 11.3 Å². The van der Waals surface area contributed by atoms with Gasteiger partial charge in [-0.3, -0.25) is 9.59 Å². The molecular formula is C23H17ClN2O2. The summed E-state index contributed by atoms with van der Waals surface area (Å²) in [5.41, 5.74) is 2.52. The van der Waals surface area contributed by atoms with E-state index in [2.05, 4.69) is 5.32 Å². The Kier molecular flexibility index (Phi) is 4.96. The van der Waals surface area contributed by atoms with Crippen LogP contribution in [0.15, 0.2) is 90.5 Å². The third kappa shape index (κ3) is 3.55. The number of carbonyl (C=O) groups excluding carboxylic acids is 2. The highest BCUT2D eigenvalue weighted by Gasteiger charge is 2.44. The maximum atomic E-state index is 13.2. The second kappa shape index (κ2) is 7.71. The zero-order valence-corrected chi connectivity index (χ0v) is 15.6. The number of halogens is 1. The van der Waals surface area contributed by atoms with E-state index >= 15 is 0 Å². The van der Waals surface area contributed by atoms with E-state index in [-0.39, 0.29) is 11.8 Å². The zero-order valence-electron chi connectivity index (χ0n) is 14.9. The van der Waals surface area contributed by atoms with Gasteiger partial charge in [-0.25, -0.2) is 4.90 Å². The summed E-state index contributed by atoms with van der Waals surface area (Å²) in [6.07, 6.45) is 1.76. The summed E-state index contributed by atoms with van der Waals surface area (Å²) in [6.45, 7) is 0. The lowest BCUT2D eigenvalue weighted by Gasteiger charge is -2.15. The van der Waals surface area contributed by atoms with E-state index in [9.17, 15) is 9.59 Å². The fourth-order valence-corrected chi connectivity index (χ4v) is 3.29. The minimum absolute atomic E-state index is 0.321. The number of hydrogen-bond donors (Lipinski definition) is 1. The van der Waals surface area contributed by atoms with Crippen molar-refractivity contribution in [3.63, 3.8) is 0 Å². The molecule has 4 nitrogen and oxygen atoms in total. The molecule has 5 heteroatoms. The summed E-state index contributed by atoms with van der Waals surface area (Å²) >= 11 is 5.95. The zero-order chi connectivity index (χ0) is 19.5. The standard InChI is InChI=1S/C23H17ClN2O2/c24-17-11-13-19(14-12-17)26-22(27)20(15-16-7-3-1-4-8-16)21(23(26)28)25-18-9-5-2-6-10-18/h1-15,21,25H/b20-15+. The first-order valence-electron chi connectivity index (χ1n) is 8.85. The summed E-state index contributed by atoms with van der Waals surface area (Å²) in [5, 5.41) is 3.74. The lowest BCUT2D eigenvalue weighted by Crippen LogP contribution is -2.34. The molecule has 1 fully saturated rings. The van der Waals surface area contributed by atoms with Crippen molar-refractivity contribution in [3.8, 4) is 0 Å². The molecule has 1 aliphatic rings. The summed E-state index contributed by atoms with van der Waals surface area (Å²) in [4.78, 5) is 27.5. The normalized spacial score (nSPS) is 18.0. The molecule has 0 aliphatic carbocycles. The molecule has 1 aliphatic heterocycles. The number of benzene rings is 3. The molecule has 3 aromatic carbocycles. The summed E-state index contributed by atoms with van der Waals surface area (Å²) in [6, 6.07) is 24.8. The number of nitrogens with zero attached hydrogens (tertiary/aromatic N) is 1. The van der Waals surface area contributed by atoms with Crippen LogP contribution >= 0.6 is 11.6 Å². The van der Waals surface area contributed by atoms with Gasteiger partial charge < -0.3 is 5.32 Å². The van der Waals surface area contributed by atoms with Gasteiger partial charge in [0.15, 0.2) is 0 Å². The molecule has 0 saturated carbocycles. The maximum absolute atomic E-state index is 13.2. The topological polar surface area (TPSA) is 49.4 Å². The largest absolute Gasteiger partial charge is 0.370 e. The fraction of sp³-hybridized carbons (Fsp3) is 0.0435. The van der Waals surface area contributed by atoms with Crippen LogP contribution in [0.5, 0.6) is 0 Å². The highest BCUT2D eigenvalue weighted by molar-refractivity contribution is 6.33. The van der Waals surface area contributed by atoms with E-state index in [4.69, 9.17) is 11.6 Å². The van der Waals surface area contributed by atoms with Gasteiger partial charge in [0.1, 0.15) is 6.04 Å². The van der Waals surface area contributed by atoms with Crippen LogP contribution in [-0.4, -0.2) is 17.9 Å². The first kappa shape index (κ1) is 18.0. The molecule has 2 amide bonds. The number of amides is 2. The molecule has 1 N–H and O–H groups in total. The summed E-state index contributed by atoms with van der Waals surface area (Å²) in [7, 11) is 0. The van der Waals surface area contributed by atoms with Gasteiger partial charge in [0, 0.05) is 10.7 Å². The Bertz CT molecular complexity index is 1030. The summed E-state index contributed by atoms with van der Waals surface area (Å²) in [5.74, 6) is -0.664. The van der Waals surface area contributed by atoms with Gasteiger partial charge in [0.2, 0.25) is 0 Å². The molecule has 0 bridgehead atoms. The first-order chi connectivity index (χ1) is 13.6. The van der Waals surface area contributed by atoms with Crippen LogP contribution in [0.25, 0.3) is 6.08 Å². The average Bonchev–Trinajstić information content (AvgIpc) is 2.94. The molecule has 1 saturated heterocycles. The molecule has 138 valence electrons. The predicted octanol–water partition coefficient (Wildman–Crippen LogP) is 4.78. The number of para-hydroxylation sites is 1. The Hall–Kier alpha value is -3.37. The van der Waals surface area contributed by atoms with Crippen molar-refractivity contribution in [2.75, 3.05) is 10.2 Å². The van der Waals surface area contributed by atoms with Crippen LogP contribution in [0.3, 0.4) is 0 Å². The number of nitrogens with one attached hydrogen (secondary N) is 1. The minimum Gasteiger partial charge on any atom is -0.370 e. The Morgan fingerprint density at radius 2 is 1.43 bits per heavy atom. The number of carbonyl (C=O) groups is 2. The minimum atomic E-state index is -0.772. The van der Waals surface area contributed by atoms with Gasteiger partial charge in [-0.1, -0.05) is 60.1 Å². The van der Waals surface area contributed by atoms with Crippen LogP contribution < -0.4 is 10.2 Å². The van der Waals surface area contributed by atoms with E-state index in [1.165, 1.54) is 4.90 Å². The second-order valence-corrected chi connectivity index (χ2v) is 6.85. The molecular weight excluding hydrogens is 372 g/mol. The Morgan fingerprint density at radius 3 is 2.07 bits per heavy atom. The van der Waals surface area contributed by atoms with Gasteiger partial charge in [-0.2, -0.15) is 0 Å². The smallest absolute Gasteiger partial charge is 0.263 e. The number of rotatable bonds is 4. The Morgan fingerprint density at radius 1 is 0.821 bits per heavy atom. The first-order valence-corrected chi connectivity index (χ1v) is 9.23. The van der Waals surface area contributed by atoms with Gasteiger partial charge in [0.05, 0.1) is 11.3 Å². The van der Waals surface area contributed by atoms with Crippen molar-refractivity contribution in [2.24, 2.45) is 0 Å². The van der Waals surface area contributed by atoms with Crippen molar-refractivity contribution in [3.05, 3.63) is 101 Å². The van der Waals surface area contributed by atoms with E-state index in [0.29, 0.717) is 16.3 Å². The fourth-order valence-electron chi connectivity index (χ4n) is 3.16. The molecule has 4 rings (SSSR count). The number of hydrogen-bond acceptors (Lipinski definition) is 3. The molecule has 0 aromatic heterocycles. The molecule has 3 aromatic rings. The molecule has 28 heavy (non-hydrogen) atoms. The lowest BCUT2D eigenvalue weighted by molar-refractivity contribution is -0.121. The highest BCUT2D eigenvalue weighted by atomic mass is 35.5. The van der Waals surface area contributed by atoms with Gasteiger partial charge in [-0.05, 0) is 48.0 Å². The SMILES string of the molecule is O=C1/C(=C/c2ccccc2)C(Nc2ccccc2)C(=O)N1c1ccc(Cl)cc1. The monoisotopic (exact) mass is 388 g/mol. The average molecular weight is 389 g/mol. The van der Waals surface area contributed by atoms with Gasteiger partial charge in [0.25, 0.3) is 11.8 Å². The third-order valence-corrected chi connectivity index (χ3v) is 4.77. The lowest BCUT2D eigenvalue weighted by atomic mass is 10.1.